The Balaban J connectivity index is 0.000000196. The molecular formula is C105H140N7+5. The lowest BCUT2D eigenvalue weighted by atomic mass is 9.83. The minimum Gasteiger partial charge on any atom is -0.232 e. The van der Waals surface area contributed by atoms with Gasteiger partial charge in [0.1, 0.15) is 57.3 Å². The highest BCUT2D eigenvalue weighted by Gasteiger charge is 2.31. The van der Waals surface area contributed by atoms with Gasteiger partial charge in [-0.3, -0.25) is 0 Å². The summed E-state index contributed by atoms with van der Waals surface area (Å²) in [4.78, 5) is 0. The van der Waals surface area contributed by atoms with Crippen LogP contribution < -0.4 is 22.8 Å². The van der Waals surface area contributed by atoms with E-state index in [1.807, 2.05) is 186 Å². The number of pyridine rings is 3. The molecule has 0 aliphatic heterocycles. The van der Waals surface area contributed by atoms with Crippen LogP contribution in [-0.4, -0.2) is 9.13 Å². The van der Waals surface area contributed by atoms with Crippen LogP contribution in [0.25, 0.3) is 67.9 Å². The summed E-state index contributed by atoms with van der Waals surface area (Å²) in [5.41, 5.74) is 27.4. The SMILES string of the molecule is Cc1ccccc1-c1n(-c2c(C(C)C)cccc2C(C)C)cc[n+]1C.[2H]C(C)(C)c1cccc(C([2H])(C)C)c1-n1cc[n+](C)c1-c1ccccc1C.[2H]C([2H])([2H])c1ccc(-c2cc(C(C)C)c(C(C)C)c[n+]2C)c(C)c1.[2H]C([2H])([2H])c1ccc(-c2cc(C([2H])(C)C)c(C([2H])(C)C)c[n+]2C)c(C)c1.[2H]C([2H])c1c[n+](C)c(-c2ccc(C([2H])([2H])[2H])cc2C)cc1C(C)(C)C. The molecule has 0 aliphatic carbocycles. The van der Waals surface area contributed by atoms with E-state index in [0.29, 0.717) is 45.9 Å². The molecular weight excluding hydrogens is 1360 g/mol. The molecule has 590 valence electrons. The zero-order valence-electron chi connectivity index (χ0n) is 88.1. The van der Waals surface area contributed by atoms with Gasteiger partial charge >= 0.3 is 0 Å². The molecule has 0 spiro atoms. The van der Waals surface area contributed by atoms with Crippen LogP contribution in [0.5, 0.6) is 0 Å². The molecule has 112 heavy (non-hydrogen) atoms. The first-order chi connectivity index (χ1) is 58.4. The Bertz CT molecular complexity index is 5820. The molecule has 0 amide bonds. The van der Waals surface area contributed by atoms with Gasteiger partial charge in [-0.1, -0.05) is 257 Å². The van der Waals surface area contributed by atoms with Crippen molar-refractivity contribution in [1.82, 2.24) is 9.13 Å². The minimum absolute atomic E-state index is 0.189. The monoisotopic (exact) mass is 1510 g/mol. The fourth-order valence-corrected chi connectivity index (χ4v) is 15.1. The van der Waals surface area contributed by atoms with E-state index in [1.165, 1.54) is 50.5 Å². The molecule has 7 nitrogen and oxygen atoms in total. The summed E-state index contributed by atoms with van der Waals surface area (Å²) in [6.07, 6.45) is 14.4. The number of benzene rings is 7. The molecule has 7 aromatic carbocycles. The van der Waals surface area contributed by atoms with Crippen molar-refractivity contribution < 1.29 is 43.4 Å². The number of hydrogen-bond acceptors (Lipinski definition) is 0. The van der Waals surface area contributed by atoms with Gasteiger partial charge in [0, 0.05) is 94.4 Å². The molecule has 0 atom stereocenters. The molecule has 5 heterocycles. The Morgan fingerprint density at radius 1 is 0.312 bits per heavy atom. The van der Waals surface area contributed by atoms with E-state index < -0.39 is 51.0 Å². The predicted molar refractivity (Wildman–Crippen MR) is 478 cm³/mol. The minimum atomic E-state index is -2.13. The molecule has 0 aliphatic rings. The third-order valence-electron chi connectivity index (χ3n) is 21.3. The van der Waals surface area contributed by atoms with E-state index in [9.17, 15) is 0 Å². The number of aromatic nitrogens is 7. The molecule has 0 saturated carbocycles. The van der Waals surface area contributed by atoms with Gasteiger partial charge in [-0.15, -0.1) is 0 Å². The summed E-state index contributed by atoms with van der Waals surface area (Å²) >= 11 is 0. The standard InChI is InChI=1S/2C23H29N2.2C20H28N.C19H26N/c2*1-16(2)19-12-9-13-20(17(3)4)22(19)25-15-14-24(6)23(25)21-11-8-7-10-18(21)5;2*1-13(2)18-11-20(21(7)12-19(18)14(3)4)17-9-8-15(5)10-16(17)6;1-13-8-9-16(14(2)10-13)18-11-17(19(4,5)6)15(3)12-20(18)7/h2*7-17H,1-6H3;2*8-14H,1-7H3;8-12H,1-7H3/q5*+1/i16D,17D;;5D3,13D,14D;5D3;1D3,3D2. The summed E-state index contributed by atoms with van der Waals surface area (Å²) in [5.74, 6) is 0.949. The van der Waals surface area contributed by atoms with E-state index in [0.717, 1.165) is 95.4 Å². The lowest BCUT2D eigenvalue weighted by molar-refractivity contribution is -0.661. The number of aryl methyl sites for hydroxylation is 14. The highest BCUT2D eigenvalue weighted by atomic mass is 15.2. The van der Waals surface area contributed by atoms with Crippen molar-refractivity contribution in [2.75, 3.05) is 0 Å². The molecule has 12 aromatic rings. The van der Waals surface area contributed by atoms with Crippen LogP contribution >= 0.6 is 0 Å². The van der Waals surface area contributed by atoms with Crippen LogP contribution in [0, 0.1) is 62.1 Å². The maximum absolute atomic E-state index is 8.71. The van der Waals surface area contributed by atoms with E-state index in [1.54, 1.807) is 36.4 Å². The van der Waals surface area contributed by atoms with Crippen molar-refractivity contribution in [3.05, 3.63) is 301 Å². The van der Waals surface area contributed by atoms with Gasteiger partial charge in [0.25, 0.3) is 11.6 Å². The van der Waals surface area contributed by atoms with Crippen molar-refractivity contribution in [1.29, 1.82) is 0 Å². The maximum atomic E-state index is 8.71. The Kier molecular flexibility index (Phi) is 23.0. The summed E-state index contributed by atoms with van der Waals surface area (Å²) < 4.78 is 133. The predicted octanol–water partition coefficient (Wildman–Crippen LogP) is 25.5. The normalized spacial score (nSPS) is 14.2. The van der Waals surface area contributed by atoms with Crippen LogP contribution in [0.15, 0.2) is 201 Å². The van der Waals surface area contributed by atoms with Crippen molar-refractivity contribution in [3.8, 4) is 67.9 Å². The first-order valence-electron chi connectivity index (χ1n) is 47.4. The van der Waals surface area contributed by atoms with E-state index in [-0.39, 0.29) is 5.41 Å². The van der Waals surface area contributed by atoms with E-state index >= 15 is 0 Å². The molecule has 12 rings (SSSR count). The Morgan fingerprint density at radius 2 is 0.652 bits per heavy atom. The second kappa shape index (κ2) is 37.8. The number of rotatable bonds is 15. The Morgan fingerprint density at radius 3 is 0.991 bits per heavy atom. The third kappa shape index (κ3) is 20.6. The van der Waals surface area contributed by atoms with Gasteiger partial charge in [-0.05, 0) is 190 Å². The first-order valence-corrected chi connectivity index (χ1v) is 39.7. The van der Waals surface area contributed by atoms with Crippen LogP contribution in [-0.2, 0) is 40.7 Å². The third-order valence-corrected chi connectivity index (χ3v) is 21.3. The Labute approximate surface area is 699 Å². The molecule has 5 aromatic heterocycles. The van der Waals surface area contributed by atoms with E-state index in [2.05, 4.69) is 212 Å². The summed E-state index contributed by atoms with van der Waals surface area (Å²) in [7, 11) is 10.0. The quantitative estimate of drug-likeness (QED) is 0.0916. The topological polar surface area (TPSA) is 29.3 Å². The average Bonchev–Trinajstić information content (AvgIpc) is 1.71. The summed E-state index contributed by atoms with van der Waals surface area (Å²) in [5, 5.41) is 0. The number of imidazole rings is 2. The highest BCUT2D eigenvalue weighted by molar-refractivity contribution is 5.68. The van der Waals surface area contributed by atoms with Crippen LogP contribution in [0.1, 0.15) is 300 Å². The zero-order chi connectivity index (χ0) is 95.6. The molecule has 0 bridgehead atoms. The van der Waals surface area contributed by atoms with Crippen molar-refractivity contribution in [2.24, 2.45) is 35.2 Å². The van der Waals surface area contributed by atoms with Crippen LogP contribution in [0.3, 0.4) is 0 Å². The number of nitrogens with zero attached hydrogens (tertiary/aromatic N) is 7. The lowest BCUT2D eigenvalue weighted by Crippen LogP contribution is -2.33. The largest absolute Gasteiger partial charge is 0.294 e. The van der Waals surface area contributed by atoms with Gasteiger partial charge in [0.2, 0.25) is 17.1 Å². The number of hydrogen-bond donors (Lipinski definition) is 0. The smallest absolute Gasteiger partial charge is 0.232 e. The second-order valence-electron chi connectivity index (χ2n) is 33.7. The van der Waals surface area contributed by atoms with Gasteiger partial charge < -0.3 is 0 Å². The first kappa shape index (κ1) is 68.0. The zero-order valence-corrected chi connectivity index (χ0v) is 73.1. The number of para-hydroxylation sites is 2. The lowest BCUT2D eigenvalue weighted by Gasteiger charge is -2.21. The molecule has 0 unspecified atom stereocenters. The van der Waals surface area contributed by atoms with E-state index in [4.69, 9.17) is 20.6 Å². The molecule has 0 fully saturated rings. The van der Waals surface area contributed by atoms with Crippen molar-refractivity contribution in [3.63, 3.8) is 0 Å². The van der Waals surface area contributed by atoms with Gasteiger partial charge in [-0.25, -0.2) is 22.8 Å². The van der Waals surface area contributed by atoms with Crippen LogP contribution in [0.2, 0.25) is 0 Å². The highest BCUT2D eigenvalue weighted by Crippen LogP contribution is 2.39. The van der Waals surface area contributed by atoms with Crippen LogP contribution in [0.4, 0.5) is 0 Å². The maximum Gasteiger partial charge on any atom is 0.294 e. The molecule has 0 saturated heterocycles. The van der Waals surface area contributed by atoms with Gasteiger partial charge in [-0.2, -0.15) is 9.13 Å². The van der Waals surface area contributed by atoms with Gasteiger partial charge in [0.15, 0.2) is 18.6 Å². The van der Waals surface area contributed by atoms with Crippen molar-refractivity contribution >= 4 is 0 Å². The summed E-state index contributed by atoms with van der Waals surface area (Å²) in [6, 6.07) is 51.8. The second-order valence-corrected chi connectivity index (χ2v) is 33.7. The van der Waals surface area contributed by atoms with Gasteiger partial charge in [0.05, 0.1) is 25.2 Å². The fraction of sp³-hybridized carbons (Fsp3) is 0.400. The summed E-state index contributed by atoms with van der Waals surface area (Å²) in [6.45, 7) is 41.9. The average molecular weight is 1520 g/mol. The molecule has 7 heteroatoms. The Hall–Kier alpha value is -9.59. The fourth-order valence-electron chi connectivity index (χ4n) is 15.1. The molecule has 0 radical (unpaired) electrons. The van der Waals surface area contributed by atoms with Crippen molar-refractivity contribution in [2.45, 2.75) is 246 Å². The molecule has 0 N–H and O–H groups in total.